The third-order valence-corrected chi connectivity index (χ3v) is 4.12. The summed E-state index contributed by atoms with van der Waals surface area (Å²) in [5, 5.41) is 33.3. The highest BCUT2D eigenvalue weighted by molar-refractivity contribution is 7.98. The van der Waals surface area contributed by atoms with E-state index < -0.39 is 60.9 Å². The molecule has 160 valence electrons. The first-order valence-electron chi connectivity index (χ1n) is 8.29. The average Bonchev–Trinajstić information content (AvgIpc) is 2.64. The summed E-state index contributed by atoms with van der Waals surface area (Å²) in [5.74, 6) is -4.31. The first-order chi connectivity index (χ1) is 13.1. The quantitative estimate of drug-likeness (QED) is 0.152. The van der Waals surface area contributed by atoms with Crippen molar-refractivity contribution in [3.05, 3.63) is 0 Å². The number of amides is 3. The molecule has 3 atom stereocenters. The Morgan fingerprint density at radius 1 is 0.929 bits per heavy atom. The summed E-state index contributed by atoms with van der Waals surface area (Å²) in [6.07, 6.45) is 1.48. The Morgan fingerprint density at radius 3 is 2.04 bits per heavy atom. The van der Waals surface area contributed by atoms with Gasteiger partial charge in [-0.25, -0.2) is 0 Å². The van der Waals surface area contributed by atoms with Crippen LogP contribution in [0.3, 0.4) is 0 Å². The molecule has 0 aliphatic heterocycles. The van der Waals surface area contributed by atoms with Crippen molar-refractivity contribution in [2.45, 2.75) is 37.4 Å². The van der Waals surface area contributed by atoms with Gasteiger partial charge in [-0.3, -0.25) is 24.0 Å². The van der Waals surface area contributed by atoms with Crippen molar-refractivity contribution < 1.29 is 39.3 Å². The smallest absolute Gasteiger partial charge is 0.322 e. The molecule has 8 N–H and O–H groups in total. The molecule has 0 saturated carbocycles. The van der Waals surface area contributed by atoms with E-state index in [1.807, 2.05) is 0 Å². The molecule has 28 heavy (non-hydrogen) atoms. The molecule has 0 fully saturated rings. The highest BCUT2D eigenvalue weighted by Gasteiger charge is 2.27. The zero-order valence-electron chi connectivity index (χ0n) is 15.3. The molecule has 0 spiro atoms. The fraction of sp³-hybridized carbons (Fsp3) is 0.667. The largest absolute Gasteiger partial charge is 0.481 e. The number of hydrogen-bond donors (Lipinski definition) is 7. The Hall–Kier alpha value is -2.38. The first-order valence-corrected chi connectivity index (χ1v) is 9.69. The van der Waals surface area contributed by atoms with Crippen LogP contribution < -0.4 is 21.7 Å². The van der Waals surface area contributed by atoms with Crippen LogP contribution in [0.4, 0.5) is 0 Å². The Kier molecular flexibility index (Phi) is 12.6. The molecule has 0 bridgehead atoms. The molecule has 0 aromatic heterocycles. The number of carboxylic acid groups (broad SMARTS) is 2. The SMILES string of the molecule is CSCCC(NC(=O)C(CO)NC(=O)C(N)CCC(=O)O)C(=O)NCC(=O)O. The van der Waals surface area contributed by atoms with Crippen molar-refractivity contribution >= 4 is 41.4 Å². The minimum atomic E-state index is -1.41. The van der Waals surface area contributed by atoms with E-state index >= 15 is 0 Å². The number of nitrogens with two attached hydrogens (primary N) is 1. The van der Waals surface area contributed by atoms with E-state index in [2.05, 4.69) is 16.0 Å². The molecule has 13 heteroatoms. The number of carboxylic acids is 2. The van der Waals surface area contributed by atoms with Gasteiger partial charge in [0, 0.05) is 6.42 Å². The fourth-order valence-corrected chi connectivity index (χ4v) is 2.42. The molecule has 0 heterocycles. The molecule has 0 aliphatic carbocycles. The van der Waals surface area contributed by atoms with Crippen molar-refractivity contribution in [1.82, 2.24) is 16.0 Å². The van der Waals surface area contributed by atoms with E-state index in [4.69, 9.17) is 15.9 Å². The van der Waals surface area contributed by atoms with Gasteiger partial charge in [0.05, 0.1) is 12.6 Å². The van der Waals surface area contributed by atoms with Gasteiger partial charge in [0.15, 0.2) is 0 Å². The molecule has 0 aromatic carbocycles. The van der Waals surface area contributed by atoms with Gasteiger partial charge in [0.2, 0.25) is 17.7 Å². The third kappa shape index (κ3) is 10.7. The molecule has 0 rings (SSSR count). The zero-order chi connectivity index (χ0) is 21.7. The van der Waals surface area contributed by atoms with Gasteiger partial charge in [-0.15, -0.1) is 0 Å². The molecule has 0 aromatic rings. The van der Waals surface area contributed by atoms with E-state index in [1.54, 1.807) is 6.26 Å². The van der Waals surface area contributed by atoms with Crippen LogP contribution >= 0.6 is 11.8 Å². The lowest BCUT2D eigenvalue weighted by Crippen LogP contribution is -2.57. The van der Waals surface area contributed by atoms with Crippen molar-refractivity contribution in [1.29, 1.82) is 0 Å². The number of rotatable bonds is 14. The van der Waals surface area contributed by atoms with Crippen LogP contribution in [0.5, 0.6) is 0 Å². The maximum Gasteiger partial charge on any atom is 0.322 e. The summed E-state index contributed by atoms with van der Waals surface area (Å²) < 4.78 is 0. The fourth-order valence-electron chi connectivity index (χ4n) is 1.95. The second-order valence-corrected chi connectivity index (χ2v) is 6.72. The Balaban J connectivity index is 4.88. The maximum atomic E-state index is 12.3. The van der Waals surface area contributed by atoms with E-state index in [0.717, 1.165) is 0 Å². The Labute approximate surface area is 165 Å². The van der Waals surface area contributed by atoms with Crippen LogP contribution in [0.25, 0.3) is 0 Å². The molecular weight excluding hydrogens is 396 g/mol. The van der Waals surface area contributed by atoms with E-state index in [1.165, 1.54) is 11.8 Å². The molecular formula is C15H26N4O8S. The van der Waals surface area contributed by atoms with Crippen molar-refractivity contribution in [3.8, 4) is 0 Å². The van der Waals surface area contributed by atoms with Gasteiger partial charge in [0.1, 0.15) is 18.6 Å². The van der Waals surface area contributed by atoms with Crippen LogP contribution in [0, 0.1) is 0 Å². The molecule has 3 unspecified atom stereocenters. The number of aliphatic hydroxyl groups excluding tert-OH is 1. The van der Waals surface area contributed by atoms with Crippen LogP contribution in [0.15, 0.2) is 0 Å². The Bertz CT molecular complexity index is 574. The van der Waals surface area contributed by atoms with Crippen LogP contribution in [0.1, 0.15) is 19.3 Å². The topological polar surface area (TPSA) is 208 Å². The maximum absolute atomic E-state index is 12.3. The lowest BCUT2D eigenvalue weighted by Gasteiger charge is -2.22. The first kappa shape index (κ1) is 25.6. The van der Waals surface area contributed by atoms with Crippen molar-refractivity contribution in [3.63, 3.8) is 0 Å². The van der Waals surface area contributed by atoms with Crippen molar-refractivity contribution in [2.75, 3.05) is 25.2 Å². The number of carbonyl (C=O) groups is 5. The number of aliphatic hydroxyl groups is 1. The van der Waals surface area contributed by atoms with E-state index in [0.29, 0.717) is 5.75 Å². The molecule has 0 saturated heterocycles. The second kappa shape index (κ2) is 13.7. The van der Waals surface area contributed by atoms with Gasteiger partial charge < -0.3 is 37.0 Å². The number of thioether (sulfide) groups is 1. The van der Waals surface area contributed by atoms with Crippen LogP contribution in [-0.4, -0.2) is 88.3 Å². The molecule has 0 radical (unpaired) electrons. The molecule has 3 amide bonds. The van der Waals surface area contributed by atoms with Gasteiger partial charge in [-0.2, -0.15) is 11.8 Å². The Morgan fingerprint density at radius 2 is 1.54 bits per heavy atom. The third-order valence-electron chi connectivity index (χ3n) is 3.48. The van der Waals surface area contributed by atoms with Gasteiger partial charge in [-0.05, 0) is 24.9 Å². The van der Waals surface area contributed by atoms with Crippen LogP contribution in [0.2, 0.25) is 0 Å². The lowest BCUT2D eigenvalue weighted by atomic mass is 10.1. The minimum absolute atomic E-state index is 0.158. The summed E-state index contributed by atoms with van der Waals surface area (Å²) >= 11 is 1.40. The van der Waals surface area contributed by atoms with E-state index in [-0.39, 0.29) is 19.3 Å². The average molecular weight is 422 g/mol. The van der Waals surface area contributed by atoms with Gasteiger partial charge in [0.25, 0.3) is 0 Å². The summed E-state index contributed by atoms with van der Waals surface area (Å²) in [4.78, 5) is 57.4. The number of nitrogens with one attached hydrogen (secondary N) is 3. The van der Waals surface area contributed by atoms with Crippen LogP contribution in [-0.2, 0) is 24.0 Å². The van der Waals surface area contributed by atoms with Crippen molar-refractivity contribution in [2.24, 2.45) is 5.73 Å². The summed E-state index contributed by atoms with van der Waals surface area (Å²) in [5.41, 5.74) is 5.54. The summed E-state index contributed by atoms with van der Waals surface area (Å²) in [7, 11) is 0. The second-order valence-electron chi connectivity index (χ2n) is 5.74. The predicted octanol–water partition coefficient (Wildman–Crippen LogP) is -2.91. The van der Waals surface area contributed by atoms with Gasteiger partial charge >= 0.3 is 11.9 Å². The monoisotopic (exact) mass is 422 g/mol. The molecule has 12 nitrogen and oxygen atoms in total. The summed E-state index contributed by atoms with van der Waals surface area (Å²) in [6.45, 7) is -1.40. The predicted molar refractivity (Wildman–Crippen MR) is 99.4 cm³/mol. The standard InChI is InChI=1S/C15H26N4O8S/c1-28-5-4-9(14(26)17-6-12(23)24)18-15(27)10(7-20)19-13(25)8(16)2-3-11(21)22/h8-10,20H,2-7,16H2,1H3,(H,17,26)(H,18,27)(H,19,25)(H,21,22)(H,23,24). The van der Waals surface area contributed by atoms with Gasteiger partial charge in [-0.1, -0.05) is 0 Å². The number of aliphatic carboxylic acids is 2. The zero-order valence-corrected chi connectivity index (χ0v) is 16.2. The number of carbonyl (C=O) groups excluding carboxylic acids is 3. The lowest BCUT2D eigenvalue weighted by molar-refractivity contribution is -0.139. The normalized spacial score (nSPS) is 13.7. The minimum Gasteiger partial charge on any atom is -0.481 e. The highest BCUT2D eigenvalue weighted by Crippen LogP contribution is 2.02. The highest BCUT2D eigenvalue weighted by atomic mass is 32.2. The van der Waals surface area contributed by atoms with E-state index in [9.17, 15) is 29.1 Å². The molecule has 0 aliphatic rings. The summed E-state index contributed by atoms with van der Waals surface area (Å²) in [6, 6.07) is -3.66. The number of hydrogen-bond acceptors (Lipinski definition) is 8.